The van der Waals surface area contributed by atoms with Gasteiger partial charge in [-0.1, -0.05) is 20.8 Å². The highest BCUT2D eigenvalue weighted by Crippen LogP contribution is 2.41. The Kier molecular flexibility index (Phi) is 6.37. The number of hydrogen-bond donors (Lipinski definition) is 0. The third-order valence-corrected chi connectivity index (χ3v) is 4.00. The van der Waals surface area contributed by atoms with Crippen molar-refractivity contribution in [1.82, 2.24) is 0 Å². The summed E-state index contributed by atoms with van der Waals surface area (Å²) in [7, 11) is 0.308. The van der Waals surface area contributed by atoms with Crippen molar-refractivity contribution in [3.63, 3.8) is 0 Å². The zero-order valence-electron chi connectivity index (χ0n) is 14.1. The molecule has 0 saturated carbocycles. The number of rotatable bonds is 7. The first-order chi connectivity index (χ1) is 10.2. The van der Waals surface area contributed by atoms with Crippen LogP contribution in [-0.2, 0) is 9.84 Å². The number of nitrogens with zero attached hydrogens (tertiary/aromatic N) is 1. The van der Waals surface area contributed by atoms with E-state index in [0.717, 1.165) is 5.56 Å². The third-order valence-electron chi connectivity index (χ3n) is 3.09. The van der Waals surface area contributed by atoms with Crippen LogP contribution in [0.25, 0.3) is 0 Å². The largest absolute Gasteiger partial charge is 0.488 e. The topological polar surface area (TPSA) is 70.8 Å². The minimum atomic E-state index is -1.10. The molecule has 0 aliphatic rings. The van der Waals surface area contributed by atoms with E-state index in [0.29, 0.717) is 19.0 Å². The van der Waals surface area contributed by atoms with Crippen molar-refractivity contribution in [1.29, 1.82) is 0 Å². The summed E-state index contributed by atoms with van der Waals surface area (Å²) in [4.78, 5) is 10.8. The first-order valence-electron chi connectivity index (χ1n) is 7.28. The van der Waals surface area contributed by atoms with Crippen molar-refractivity contribution in [2.24, 2.45) is 0 Å². The molecule has 22 heavy (non-hydrogen) atoms. The van der Waals surface area contributed by atoms with Crippen LogP contribution in [0.4, 0.5) is 5.69 Å². The van der Waals surface area contributed by atoms with Gasteiger partial charge in [-0.25, -0.2) is 0 Å². The van der Waals surface area contributed by atoms with Crippen molar-refractivity contribution >= 4 is 14.7 Å². The van der Waals surface area contributed by atoms with Gasteiger partial charge in [-0.3, -0.25) is 10.1 Å². The Morgan fingerprint density at radius 1 is 1.23 bits per heavy atom. The quantitative estimate of drug-likeness (QED) is 0.333. The smallest absolute Gasteiger partial charge is 0.315 e. The van der Waals surface area contributed by atoms with Gasteiger partial charge in [-0.2, -0.15) is 0 Å². The molecule has 0 unspecified atom stereocenters. The predicted octanol–water partition coefficient (Wildman–Crippen LogP) is 3.28. The van der Waals surface area contributed by atoms with Crippen LogP contribution in [0.1, 0.15) is 26.3 Å². The second kappa shape index (κ2) is 7.60. The van der Waals surface area contributed by atoms with Gasteiger partial charge in [0.2, 0.25) is 5.75 Å². The minimum absolute atomic E-state index is 0.0796. The Hall–Kier alpha value is -1.60. The molecule has 124 valence electrons. The average molecular weight is 327 g/mol. The van der Waals surface area contributed by atoms with Gasteiger partial charge >= 0.3 is 5.69 Å². The van der Waals surface area contributed by atoms with Gasteiger partial charge in [0.1, 0.15) is 6.61 Å². The summed E-state index contributed by atoms with van der Waals surface area (Å²) >= 11 is 0. The number of nitro benzene ring substituents is 1. The molecule has 0 radical (unpaired) electrons. The summed E-state index contributed by atoms with van der Waals surface area (Å²) in [5.41, 5.74) is 0.523. The molecule has 0 bridgehead atoms. The van der Waals surface area contributed by atoms with Crippen LogP contribution in [0, 0.1) is 10.1 Å². The van der Waals surface area contributed by atoms with E-state index < -0.39 is 14.0 Å². The Bertz CT molecular complexity index is 525. The number of ether oxygens (including phenoxy) is 2. The van der Waals surface area contributed by atoms with E-state index in [9.17, 15) is 10.1 Å². The maximum absolute atomic E-state index is 11.3. The number of hydrogen-bond acceptors (Lipinski definition) is 5. The lowest BCUT2D eigenvalue weighted by Crippen LogP contribution is -2.16. The highest BCUT2D eigenvalue weighted by Gasteiger charge is 2.26. The highest BCUT2D eigenvalue weighted by molar-refractivity contribution is 6.48. The van der Waals surface area contributed by atoms with Gasteiger partial charge in [0.25, 0.3) is 0 Å². The lowest BCUT2D eigenvalue weighted by molar-refractivity contribution is -0.385. The monoisotopic (exact) mass is 327 g/mol. The molecule has 0 atom stereocenters. The van der Waals surface area contributed by atoms with Gasteiger partial charge in [0.15, 0.2) is 14.8 Å². The molecule has 0 amide bonds. The van der Waals surface area contributed by atoms with Crippen LogP contribution in [0.2, 0.25) is 13.1 Å². The van der Waals surface area contributed by atoms with Crippen LogP contribution in [-0.4, -0.2) is 34.3 Å². The molecule has 0 aliphatic carbocycles. The van der Waals surface area contributed by atoms with Gasteiger partial charge in [-0.05, 0) is 30.1 Å². The molecule has 1 aromatic rings. The highest BCUT2D eigenvalue weighted by atomic mass is 28.3. The van der Waals surface area contributed by atoms with Crippen LogP contribution in [0.5, 0.6) is 11.5 Å². The Morgan fingerprint density at radius 3 is 2.32 bits per heavy atom. The summed E-state index contributed by atoms with van der Waals surface area (Å²) in [6.45, 7) is 10.9. The minimum Gasteiger partial charge on any atom is -0.488 e. The van der Waals surface area contributed by atoms with E-state index in [1.54, 1.807) is 12.1 Å². The summed E-state index contributed by atoms with van der Waals surface area (Å²) < 4.78 is 16.4. The lowest BCUT2D eigenvalue weighted by atomic mass is 9.86. The summed E-state index contributed by atoms with van der Waals surface area (Å²) in [5, 5.41) is 11.3. The maximum Gasteiger partial charge on any atom is 0.315 e. The average Bonchev–Trinajstić information content (AvgIpc) is 2.41. The van der Waals surface area contributed by atoms with E-state index in [2.05, 4.69) is 13.1 Å². The molecule has 0 aromatic heterocycles. The lowest BCUT2D eigenvalue weighted by Gasteiger charge is -2.21. The summed E-state index contributed by atoms with van der Waals surface area (Å²) in [6, 6.07) is 3.35. The van der Waals surface area contributed by atoms with Crippen LogP contribution in [0.15, 0.2) is 12.1 Å². The van der Waals surface area contributed by atoms with Crippen LogP contribution >= 0.6 is 0 Å². The number of benzene rings is 1. The summed E-state index contributed by atoms with van der Waals surface area (Å²) in [6.07, 6.45) is 0. The Balaban J connectivity index is 3.11. The molecule has 0 N–H and O–H groups in total. The molecule has 6 nitrogen and oxygen atoms in total. The van der Waals surface area contributed by atoms with Gasteiger partial charge in [0, 0.05) is 6.07 Å². The van der Waals surface area contributed by atoms with Crippen molar-refractivity contribution in [3.8, 4) is 11.5 Å². The Labute approximate surface area is 133 Å². The van der Waals surface area contributed by atoms with Crippen molar-refractivity contribution in [2.75, 3.05) is 20.3 Å². The molecule has 7 heteroatoms. The number of methoxy groups -OCH3 is 1. The predicted molar refractivity (Wildman–Crippen MR) is 88.7 cm³/mol. The molecule has 0 saturated heterocycles. The second-order valence-electron chi connectivity index (χ2n) is 6.30. The first-order valence-corrected chi connectivity index (χ1v) is 10.1. The molecule has 1 rings (SSSR count). The third kappa shape index (κ3) is 4.99. The summed E-state index contributed by atoms with van der Waals surface area (Å²) in [5.74, 6) is 0.537. The SMILES string of the molecule is COc1c(OCCO[SiH](C)C)cc(C(C)(C)C)cc1[N+](=O)[O-]. The number of nitro groups is 1. The van der Waals surface area contributed by atoms with Gasteiger partial charge < -0.3 is 13.9 Å². The molecule has 0 fully saturated rings. The first kappa shape index (κ1) is 18.4. The second-order valence-corrected chi connectivity index (χ2v) is 8.73. The van der Waals surface area contributed by atoms with E-state index in [1.165, 1.54) is 7.11 Å². The molecule has 1 aromatic carbocycles. The zero-order valence-corrected chi connectivity index (χ0v) is 15.3. The van der Waals surface area contributed by atoms with Gasteiger partial charge in [-0.15, -0.1) is 0 Å². The molecular formula is C15H25NO5Si. The standard InChI is InChI=1S/C15H25NO5Si/c1-15(2,3)11-9-12(16(17)18)14(19-4)13(10-11)20-7-8-21-22(5)6/h9-10,22H,7-8H2,1-6H3. The zero-order chi connectivity index (χ0) is 16.9. The van der Waals surface area contributed by atoms with Gasteiger partial charge in [0.05, 0.1) is 18.6 Å². The maximum atomic E-state index is 11.3. The molecule has 0 spiro atoms. The van der Waals surface area contributed by atoms with Crippen molar-refractivity contribution in [3.05, 3.63) is 27.8 Å². The van der Waals surface area contributed by atoms with E-state index in [1.807, 2.05) is 20.8 Å². The van der Waals surface area contributed by atoms with Crippen molar-refractivity contribution in [2.45, 2.75) is 39.3 Å². The fourth-order valence-electron chi connectivity index (χ4n) is 1.90. The van der Waals surface area contributed by atoms with Crippen LogP contribution in [0.3, 0.4) is 0 Å². The van der Waals surface area contributed by atoms with Crippen LogP contribution < -0.4 is 9.47 Å². The van der Waals surface area contributed by atoms with E-state index >= 15 is 0 Å². The molecule has 0 aliphatic heterocycles. The van der Waals surface area contributed by atoms with Crippen molar-refractivity contribution < 1.29 is 18.8 Å². The fraction of sp³-hybridized carbons (Fsp3) is 0.600. The van der Waals surface area contributed by atoms with E-state index in [-0.39, 0.29) is 16.9 Å². The molecular weight excluding hydrogens is 302 g/mol. The fourth-order valence-corrected chi connectivity index (χ4v) is 2.47. The molecule has 0 heterocycles. The Morgan fingerprint density at radius 2 is 1.86 bits per heavy atom. The normalized spacial score (nSPS) is 11.6. The van der Waals surface area contributed by atoms with E-state index in [4.69, 9.17) is 13.9 Å².